The Hall–Kier alpha value is -2.47. The smallest absolute Gasteiger partial charge is 0.323 e. The Morgan fingerprint density at radius 1 is 1.07 bits per heavy atom. The van der Waals surface area contributed by atoms with Gasteiger partial charge in [-0.15, -0.1) is 11.8 Å². The van der Waals surface area contributed by atoms with Gasteiger partial charge in [-0.05, 0) is 55.5 Å². The predicted molar refractivity (Wildman–Crippen MR) is 115 cm³/mol. The molecule has 0 unspecified atom stereocenters. The molecule has 0 aliphatic heterocycles. The first-order valence-electron chi connectivity index (χ1n) is 9.94. The van der Waals surface area contributed by atoms with E-state index in [2.05, 4.69) is 21.4 Å². The number of aromatic nitrogens is 2. The first-order chi connectivity index (χ1) is 13.7. The van der Waals surface area contributed by atoms with Crippen LogP contribution in [0, 0.1) is 0 Å². The molecule has 0 saturated heterocycles. The number of H-pyrrole nitrogens is 2. The Balaban J connectivity index is 1.31. The minimum Gasteiger partial charge on any atom is -0.325 e. The van der Waals surface area contributed by atoms with Crippen molar-refractivity contribution in [1.82, 2.24) is 9.97 Å². The second-order valence-electron chi connectivity index (χ2n) is 7.38. The van der Waals surface area contributed by atoms with E-state index in [1.54, 1.807) is 0 Å². The molecule has 1 saturated carbocycles. The highest BCUT2D eigenvalue weighted by atomic mass is 32.2. The monoisotopic (exact) mass is 395 g/mol. The van der Waals surface area contributed by atoms with E-state index in [0.717, 1.165) is 35.1 Å². The lowest BCUT2D eigenvalue weighted by molar-refractivity contribution is -0.116. The van der Waals surface area contributed by atoms with E-state index in [0.29, 0.717) is 11.7 Å². The van der Waals surface area contributed by atoms with Gasteiger partial charge in [0.2, 0.25) is 5.91 Å². The quantitative estimate of drug-likeness (QED) is 0.535. The second kappa shape index (κ2) is 8.69. The zero-order valence-corrected chi connectivity index (χ0v) is 16.6. The number of carbonyl (C=O) groups excluding carboxylic acids is 1. The number of carbonyl (C=O) groups is 1. The van der Waals surface area contributed by atoms with Gasteiger partial charge < -0.3 is 15.3 Å². The number of anilines is 1. The first kappa shape index (κ1) is 18.9. The van der Waals surface area contributed by atoms with E-state index < -0.39 is 0 Å². The third kappa shape index (κ3) is 4.68. The van der Waals surface area contributed by atoms with E-state index in [-0.39, 0.29) is 11.6 Å². The summed E-state index contributed by atoms with van der Waals surface area (Å²) in [5.74, 6) is 0.0515. The molecule has 1 amide bonds. The van der Waals surface area contributed by atoms with Crippen LogP contribution in [-0.4, -0.2) is 21.1 Å². The van der Waals surface area contributed by atoms with Gasteiger partial charge in [0.15, 0.2) is 0 Å². The highest BCUT2D eigenvalue weighted by Gasteiger charge is 2.18. The first-order valence-corrected chi connectivity index (χ1v) is 10.8. The number of hydrogen-bond acceptors (Lipinski definition) is 3. The highest BCUT2D eigenvalue weighted by Crippen LogP contribution is 2.38. The van der Waals surface area contributed by atoms with Crippen molar-refractivity contribution >= 4 is 34.4 Å². The maximum absolute atomic E-state index is 12.4. The summed E-state index contributed by atoms with van der Waals surface area (Å²) >= 11 is 1.90. The van der Waals surface area contributed by atoms with Crippen LogP contribution < -0.4 is 11.0 Å². The van der Waals surface area contributed by atoms with E-state index >= 15 is 0 Å². The predicted octanol–water partition coefficient (Wildman–Crippen LogP) is 4.85. The molecular weight excluding hydrogens is 370 g/mol. The normalized spacial score (nSPS) is 14.6. The standard InChI is InChI=1S/C22H25N3O2S/c26-21(11-5-6-15-12-13-17-19(14-15)25-22(27)24-17)23-18-9-3-4-10-20(18)28-16-7-1-2-8-16/h3-4,9-10,12-14,16H,1-2,5-8,11H2,(H,23,26)(H2,24,25,27). The summed E-state index contributed by atoms with van der Waals surface area (Å²) in [6.07, 6.45) is 7.21. The van der Waals surface area contributed by atoms with Gasteiger partial charge >= 0.3 is 5.69 Å². The number of thioether (sulfide) groups is 1. The van der Waals surface area contributed by atoms with Crippen molar-refractivity contribution in [3.8, 4) is 0 Å². The molecule has 0 radical (unpaired) electrons. The number of aromatic amines is 2. The van der Waals surface area contributed by atoms with E-state index in [1.165, 1.54) is 30.6 Å². The van der Waals surface area contributed by atoms with Crippen molar-refractivity contribution < 1.29 is 4.79 Å². The van der Waals surface area contributed by atoms with Crippen LogP contribution in [0.25, 0.3) is 11.0 Å². The molecule has 28 heavy (non-hydrogen) atoms. The Morgan fingerprint density at radius 3 is 2.71 bits per heavy atom. The van der Waals surface area contributed by atoms with Gasteiger partial charge in [0.1, 0.15) is 0 Å². The molecule has 4 rings (SSSR count). The molecule has 0 atom stereocenters. The molecular formula is C22H25N3O2S. The third-order valence-electron chi connectivity index (χ3n) is 5.21. The minimum absolute atomic E-state index is 0.0515. The van der Waals surface area contributed by atoms with Crippen molar-refractivity contribution in [2.75, 3.05) is 5.32 Å². The Kier molecular flexibility index (Phi) is 5.86. The number of nitrogens with one attached hydrogen (secondary N) is 3. The van der Waals surface area contributed by atoms with Crippen LogP contribution in [0.1, 0.15) is 44.1 Å². The summed E-state index contributed by atoms with van der Waals surface area (Å²) in [4.78, 5) is 30.5. The fourth-order valence-electron chi connectivity index (χ4n) is 3.76. The molecule has 6 heteroatoms. The van der Waals surface area contributed by atoms with Crippen molar-refractivity contribution in [3.63, 3.8) is 0 Å². The second-order valence-corrected chi connectivity index (χ2v) is 8.72. The van der Waals surface area contributed by atoms with Crippen LogP contribution in [-0.2, 0) is 11.2 Å². The number of benzene rings is 2. The van der Waals surface area contributed by atoms with E-state index in [4.69, 9.17) is 0 Å². The lowest BCUT2D eigenvalue weighted by atomic mass is 10.1. The maximum atomic E-state index is 12.4. The molecule has 1 fully saturated rings. The van der Waals surface area contributed by atoms with Gasteiger partial charge in [0.05, 0.1) is 16.7 Å². The number of rotatable bonds is 7. The van der Waals surface area contributed by atoms with Crippen LogP contribution in [0.4, 0.5) is 5.69 Å². The number of fused-ring (bicyclic) bond motifs is 1. The maximum Gasteiger partial charge on any atom is 0.323 e. The summed E-state index contributed by atoms with van der Waals surface area (Å²) in [7, 11) is 0. The van der Waals surface area contributed by atoms with Crippen molar-refractivity contribution in [2.45, 2.75) is 55.1 Å². The van der Waals surface area contributed by atoms with Gasteiger partial charge in [-0.1, -0.05) is 31.0 Å². The van der Waals surface area contributed by atoms with Crippen LogP contribution in [0.2, 0.25) is 0 Å². The van der Waals surface area contributed by atoms with E-state index in [1.807, 2.05) is 48.2 Å². The van der Waals surface area contributed by atoms with Gasteiger partial charge in [-0.2, -0.15) is 0 Å². The van der Waals surface area contributed by atoms with Crippen LogP contribution in [0.15, 0.2) is 52.2 Å². The summed E-state index contributed by atoms with van der Waals surface area (Å²) in [6, 6.07) is 14.0. The van der Waals surface area contributed by atoms with Gasteiger partial charge in [0.25, 0.3) is 0 Å². The summed E-state index contributed by atoms with van der Waals surface area (Å²) in [6.45, 7) is 0. The third-order valence-corrected chi connectivity index (χ3v) is 6.62. The van der Waals surface area contributed by atoms with Crippen LogP contribution in [0.5, 0.6) is 0 Å². The average molecular weight is 396 g/mol. The Morgan fingerprint density at radius 2 is 1.86 bits per heavy atom. The molecule has 1 heterocycles. The lowest BCUT2D eigenvalue weighted by Gasteiger charge is -2.14. The molecule has 0 bridgehead atoms. The molecule has 5 nitrogen and oxygen atoms in total. The molecule has 1 aromatic heterocycles. The van der Waals surface area contributed by atoms with Gasteiger partial charge in [0, 0.05) is 16.6 Å². The Bertz CT molecular complexity index is 1020. The lowest BCUT2D eigenvalue weighted by Crippen LogP contribution is -2.12. The number of aryl methyl sites for hydroxylation is 1. The van der Waals surface area contributed by atoms with E-state index in [9.17, 15) is 9.59 Å². The largest absolute Gasteiger partial charge is 0.325 e. The van der Waals surface area contributed by atoms with Crippen LogP contribution >= 0.6 is 11.8 Å². The molecule has 1 aliphatic carbocycles. The number of para-hydroxylation sites is 1. The number of imidazole rings is 1. The highest BCUT2D eigenvalue weighted by molar-refractivity contribution is 8.00. The minimum atomic E-state index is -0.194. The number of amides is 1. The van der Waals surface area contributed by atoms with Crippen molar-refractivity contribution in [3.05, 3.63) is 58.5 Å². The summed E-state index contributed by atoms with van der Waals surface area (Å²) in [5.41, 5.74) is 3.47. The number of hydrogen-bond donors (Lipinski definition) is 3. The zero-order chi connectivity index (χ0) is 19.3. The fourth-order valence-corrected chi connectivity index (χ4v) is 5.09. The average Bonchev–Trinajstić information content (AvgIpc) is 3.31. The fraction of sp³-hybridized carbons (Fsp3) is 0.364. The summed E-state index contributed by atoms with van der Waals surface area (Å²) < 4.78 is 0. The molecule has 146 valence electrons. The zero-order valence-electron chi connectivity index (χ0n) is 15.8. The Labute approximate surface area is 168 Å². The van der Waals surface area contributed by atoms with Crippen molar-refractivity contribution in [2.24, 2.45) is 0 Å². The molecule has 1 aliphatic rings. The molecule has 3 N–H and O–H groups in total. The topological polar surface area (TPSA) is 77.8 Å². The molecule has 3 aromatic rings. The SMILES string of the molecule is O=C(CCCc1ccc2[nH]c(=O)[nH]c2c1)Nc1ccccc1SC1CCCC1. The van der Waals surface area contributed by atoms with Crippen LogP contribution in [0.3, 0.4) is 0 Å². The molecule has 2 aromatic carbocycles. The van der Waals surface area contributed by atoms with Gasteiger partial charge in [-0.3, -0.25) is 4.79 Å². The van der Waals surface area contributed by atoms with Gasteiger partial charge in [-0.25, -0.2) is 4.79 Å². The van der Waals surface area contributed by atoms with Crippen molar-refractivity contribution in [1.29, 1.82) is 0 Å². The molecule has 0 spiro atoms. The summed E-state index contributed by atoms with van der Waals surface area (Å²) in [5, 5.41) is 3.77.